The van der Waals surface area contributed by atoms with Crippen molar-refractivity contribution in [3.8, 4) is 5.75 Å². The molecule has 0 radical (unpaired) electrons. The smallest absolute Gasteiger partial charge is 0.241 e. The van der Waals surface area contributed by atoms with Crippen molar-refractivity contribution in [2.45, 2.75) is 51.5 Å². The predicted molar refractivity (Wildman–Crippen MR) is 97.2 cm³/mol. The van der Waals surface area contributed by atoms with Gasteiger partial charge in [-0.2, -0.15) is 4.72 Å². The van der Waals surface area contributed by atoms with Crippen LogP contribution >= 0.6 is 0 Å². The van der Waals surface area contributed by atoms with Gasteiger partial charge in [0.1, 0.15) is 11.8 Å². The Hall–Kier alpha value is -1.60. The highest BCUT2D eigenvalue weighted by Gasteiger charge is 2.33. The van der Waals surface area contributed by atoms with Crippen molar-refractivity contribution < 1.29 is 17.9 Å². The first-order valence-corrected chi connectivity index (χ1v) is 10.1. The Labute approximate surface area is 150 Å². The monoisotopic (exact) mass is 368 g/mol. The second-order valence-corrected chi connectivity index (χ2v) is 8.65. The minimum absolute atomic E-state index is 0.137. The fourth-order valence-corrected chi connectivity index (χ4v) is 4.76. The first-order chi connectivity index (χ1) is 11.7. The number of hydrogen-bond donors (Lipinski definition) is 1. The lowest BCUT2D eigenvalue weighted by atomic mass is 10.0. The van der Waals surface area contributed by atoms with Crippen LogP contribution in [0.25, 0.3) is 0 Å². The van der Waals surface area contributed by atoms with Gasteiger partial charge in [0, 0.05) is 13.1 Å². The number of sulfonamides is 1. The lowest BCUT2D eigenvalue weighted by molar-refractivity contribution is -0.132. The normalized spacial score (nSPS) is 16.3. The van der Waals surface area contributed by atoms with Crippen LogP contribution in [-0.4, -0.2) is 45.5 Å². The highest BCUT2D eigenvalue weighted by atomic mass is 32.2. The lowest BCUT2D eigenvalue weighted by Crippen LogP contribution is -2.50. The van der Waals surface area contributed by atoms with E-state index in [9.17, 15) is 13.2 Å². The number of nitrogens with one attached hydrogen (secondary N) is 1. The summed E-state index contributed by atoms with van der Waals surface area (Å²) in [7, 11) is -2.26. The van der Waals surface area contributed by atoms with Crippen LogP contribution in [0.15, 0.2) is 17.0 Å². The maximum absolute atomic E-state index is 12.9. The van der Waals surface area contributed by atoms with Gasteiger partial charge >= 0.3 is 0 Å². The van der Waals surface area contributed by atoms with Crippen LogP contribution in [-0.2, 0) is 14.8 Å². The second kappa shape index (κ2) is 7.74. The summed E-state index contributed by atoms with van der Waals surface area (Å²) in [6.07, 6.45) is 1.94. The van der Waals surface area contributed by atoms with Gasteiger partial charge in [0.2, 0.25) is 15.9 Å². The van der Waals surface area contributed by atoms with Gasteiger partial charge < -0.3 is 9.64 Å². The average Bonchev–Trinajstić information content (AvgIpc) is 3.07. The Morgan fingerprint density at radius 1 is 1.16 bits per heavy atom. The first kappa shape index (κ1) is 19.7. The summed E-state index contributed by atoms with van der Waals surface area (Å²) in [5, 5.41) is 0. The summed E-state index contributed by atoms with van der Waals surface area (Å²) in [6.45, 7) is 8.63. The van der Waals surface area contributed by atoms with Gasteiger partial charge in [-0.15, -0.1) is 0 Å². The molecule has 7 heteroatoms. The van der Waals surface area contributed by atoms with Gasteiger partial charge in [-0.25, -0.2) is 8.42 Å². The molecule has 1 aliphatic heterocycles. The Morgan fingerprint density at radius 3 is 2.28 bits per heavy atom. The van der Waals surface area contributed by atoms with Crippen molar-refractivity contribution in [1.29, 1.82) is 0 Å². The molecule has 0 spiro atoms. The van der Waals surface area contributed by atoms with Crippen LogP contribution in [0.4, 0.5) is 0 Å². The highest BCUT2D eigenvalue weighted by Crippen LogP contribution is 2.26. The quantitative estimate of drug-likeness (QED) is 0.835. The lowest BCUT2D eigenvalue weighted by Gasteiger charge is -2.27. The molecule has 1 aliphatic rings. The molecule has 1 heterocycles. The van der Waals surface area contributed by atoms with E-state index >= 15 is 0 Å². The van der Waals surface area contributed by atoms with E-state index in [0.717, 1.165) is 18.4 Å². The Bertz CT molecular complexity index is 738. The van der Waals surface area contributed by atoms with Crippen molar-refractivity contribution in [2.24, 2.45) is 5.92 Å². The van der Waals surface area contributed by atoms with Gasteiger partial charge in [-0.05, 0) is 55.9 Å². The molecule has 0 bridgehead atoms. The molecule has 0 unspecified atom stereocenters. The molecule has 0 aromatic heterocycles. The average molecular weight is 368 g/mol. The molecular formula is C18H28N2O4S. The number of hydrogen-bond acceptors (Lipinski definition) is 4. The van der Waals surface area contributed by atoms with Crippen molar-refractivity contribution in [1.82, 2.24) is 9.62 Å². The second-order valence-electron chi connectivity index (χ2n) is 6.96. The highest BCUT2D eigenvalue weighted by molar-refractivity contribution is 7.89. The maximum Gasteiger partial charge on any atom is 0.241 e. The van der Waals surface area contributed by atoms with E-state index in [0.29, 0.717) is 24.4 Å². The fraction of sp³-hybridized carbons (Fsp3) is 0.611. The zero-order valence-electron chi connectivity index (χ0n) is 15.6. The van der Waals surface area contributed by atoms with E-state index in [2.05, 4.69) is 4.72 Å². The van der Waals surface area contributed by atoms with Crippen molar-refractivity contribution >= 4 is 15.9 Å². The molecule has 1 aromatic rings. The Balaban J connectivity index is 2.31. The third kappa shape index (κ3) is 4.33. The van der Waals surface area contributed by atoms with Gasteiger partial charge in [-0.1, -0.05) is 13.8 Å². The minimum Gasteiger partial charge on any atom is -0.496 e. The summed E-state index contributed by atoms with van der Waals surface area (Å²) in [5.41, 5.74) is 1.33. The maximum atomic E-state index is 12.9. The summed E-state index contributed by atoms with van der Waals surface area (Å²) in [5.74, 6) is 0.367. The Kier molecular flexibility index (Phi) is 6.11. The van der Waals surface area contributed by atoms with Gasteiger partial charge in [0.25, 0.3) is 0 Å². The van der Waals surface area contributed by atoms with Crippen LogP contribution < -0.4 is 9.46 Å². The first-order valence-electron chi connectivity index (χ1n) is 8.63. The topological polar surface area (TPSA) is 75.7 Å². The van der Waals surface area contributed by atoms with Crippen LogP contribution in [0.3, 0.4) is 0 Å². The van der Waals surface area contributed by atoms with Crippen molar-refractivity contribution in [2.75, 3.05) is 20.2 Å². The third-order valence-electron chi connectivity index (χ3n) is 4.61. The molecule has 1 N–H and O–H groups in total. The van der Waals surface area contributed by atoms with Crippen molar-refractivity contribution in [3.05, 3.63) is 23.3 Å². The van der Waals surface area contributed by atoms with E-state index in [1.165, 1.54) is 0 Å². The van der Waals surface area contributed by atoms with Crippen LogP contribution in [0.5, 0.6) is 5.75 Å². The molecule has 140 valence electrons. The number of nitrogens with zero attached hydrogens (tertiary/aromatic N) is 1. The fourth-order valence-electron chi connectivity index (χ4n) is 3.11. The molecule has 1 fully saturated rings. The van der Waals surface area contributed by atoms with Gasteiger partial charge in [0.15, 0.2) is 0 Å². The molecule has 1 amide bonds. The zero-order chi connectivity index (χ0) is 18.8. The minimum atomic E-state index is -3.81. The molecule has 25 heavy (non-hydrogen) atoms. The summed E-state index contributed by atoms with van der Waals surface area (Å²) in [6, 6.07) is 2.54. The standard InChI is InChI=1S/C18H28N2O4S/c1-12(2)17(18(21)20-8-6-7-9-20)19-25(22,23)16-11-13(3)15(24-5)10-14(16)4/h10-12,17,19H,6-9H2,1-5H3/t17-/m1/s1. The number of aryl methyl sites for hydroxylation is 2. The zero-order valence-corrected chi connectivity index (χ0v) is 16.4. The van der Waals surface area contributed by atoms with E-state index in [4.69, 9.17) is 4.74 Å². The number of likely N-dealkylation sites (tertiary alicyclic amines) is 1. The Morgan fingerprint density at radius 2 is 1.76 bits per heavy atom. The number of carbonyl (C=O) groups is 1. The third-order valence-corrected chi connectivity index (χ3v) is 6.20. The molecule has 1 saturated heterocycles. The van der Waals surface area contributed by atoms with E-state index in [-0.39, 0.29) is 16.7 Å². The van der Waals surface area contributed by atoms with Crippen LogP contribution in [0.1, 0.15) is 37.8 Å². The molecule has 6 nitrogen and oxygen atoms in total. The molecular weight excluding hydrogens is 340 g/mol. The molecule has 2 rings (SSSR count). The van der Waals surface area contributed by atoms with Crippen molar-refractivity contribution in [3.63, 3.8) is 0 Å². The van der Waals surface area contributed by atoms with Crippen LogP contribution in [0.2, 0.25) is 0 Å². The largest absolute Gasteiger partial charge is 0.496 e. The van der Waals surface area contributed by atoms with E-state index in [1.807, 2.05) is 13.8 Å². The predicted octanol–water partition coefficient (Wildman–Crippen LogP) is 2.24. The molecule has 0 aliphatic carbocycles. The van der Waals surface area contributed by atoms with Crippen LogP contribution in [0, 0.1) is 19.8 Å². The number of rotatable bonds is 6. The summed E-state index contributed by atoms with van der Waals surface area (Å²) < 4.78 is 33.7. The SMILES string of the molecule is COc1cc(C)c(S(=O)(=O)N[C@@H](C(=O)N2CCCC2)C(C)C)cc1C. The molecule has 1 aromatic carbocycles. The molecule has 0 saturated carbocycles. The number of amides is 1. The summed E-state index contributed by atoms with van der Waals surface area (Å²) in [4.78, 5) is 14.7. The number of methoxy groups -OCH3 is 1. The number of ether oxygens (including phenoxy) is 1. The number of benzene rings is 1. The van der Waals surface area contributed by atoms with E-state index in [1.54, 1.807) is 38.0 Å². The van der Waals surface area contributed by atoms with E-state index < -0.39 is 16.1 Å². The van der Waals surface area contributed by atoms with Gasteiger partial charge in [-0.3, -0.25) is 4.79 Å². The summed E-state index contributed by atoms with van der Waals surface area (Å²) >= 11 is 0. The van der Waals surface area contributed by atoms with Gasteiger partial charge in [0.05, 0.1) is 12.0 Å². The molecule has 1 atom stereocenters. The number of carbonyl (C=O) groups excluding carboxylic acids is 1.